The van der Waals surface area contributed by atoms with Crippen LogP contribution in [0.4, 0.5) is 0 Å². The van der Waals surface area contributed by atoms with Crippen LogP contribution in [0.15, 0.2) is 40.6 Å². The molecule has 1 heterocycles. The van der Waals surface area contributed by atoms with Crippen molar-refractivity contribution < 1.29 is 4.79 Å². The average molecular weight is 278 g/mol. The van der Waals surface area contributed by atoms with E-state index in [1.807, 2.05) is 26.8 Å². The summed E-state index contributed by atoms with van der Waals surface area (Å²) in [4.78, 5) is 18.2. The van der Waals surface area contributed by atoms with Crippen LogP contribution in [0.3, 0.4) is 0 Å². The largest absolute Gasteiger partial charge is 0.274 e. The van der Waals surface area contributed by atoms with Crippen molar-refractivity contribution in [1.82, 2.24) is 4.90 Å². The average Bonchev–Trinajstić information content (AvgIpc) is 2.38. The quantitative estimate of drug-likeness (QED) is 0.736. The third-order valence-corrected chi connectivity index (χ3v) is 4.00. The fourth-order valence-corrected chi connectivity index (χ4v) is 2.72. The monoisotopic (exact) mass is 278 g/mol. The molecule has 1 amide bonds. The molecular weight excluding hydrogens is 256 g/mol. The van der Waals surface area contributed by atoms with Crippen molar-refractivity contribution in [2.24, 2.45) is 4.99 Å². The molecule has 1 aliphatic heterocycles. The Morgan fingerprint density at radius 2 is 2.05 bits per heavy atom. The predicted molar refractivity (Wildman–Crippen MR) is 84.2 cm³/mol. The van der Waals surface area contributed by atoms with E-state index in [-0.39, 0.29) is 5.91 Å². The molecule has 3 nitrogen and oxygen atoms in total. The Hall–Kier alpha value is -1.29. The van der Waals surface area contributed by atoms with Crippen molar-refractivity contribution in [2.75, 3.05) is 12.3 Å². The third-order valence-electron chi connectivity index (χ3n) is 2.94. The van der Waals surface area contributed by atoms with Crippen LogP contribution in [0.2, 0.25) is 0 Å². The van der Waals surface area contributed by atoms with Crippen LogP contribution in [0.1, 0.15) is 34.1 Å². The minimum Gasteiger partial charge on any atom is -0.274 e. The van der Waals surface area contributed by atoms with E-state index in [2.05, 4.69) is 11.6 Å². The zero-order chi connectivity index (χ0) is 14.4. The number of allylic oxidation sites excluding steroid dienone is 4. The number of aliphatic imine (C=N–C) groups is 1. The van der Waals surface area contributed by atoms with Crippen LogP contribution in [0, 0.1) is 0 Å². The smallest absolute Gasteiger partial charge is 0.230 e. The minimum atomic E-state index is -0.0122. The normalized spacial score (nSPS) is 15.6. The van der Waals surface area contributed by atoms with Crippen LogP contribution in [-0.4, -0.2) is 28.3 Å². The topological polar surface area (TPSA) is 32.7 Å². The summed E-state index contributed by atoms with van der Waals surface area (Å²) in [5, 5.41) is 0.799. The first-order valence-electron chi connectivity index (χ1n) is 6.44. The number of rotatable bonds is 3. The summed E-state index contributed by atoms with van der Waals surface area (Å²) in [5.74, 6) is 1.000. The van der Waals surface area contributed by atoms with Gasteiger partial charge in [0.25, 0.3) is 0 Å². The number of nitrogens with zero attached hydrogens (tertiary/aromatic N) is 2. The Kier molecular flexibility index (Phi) is 6.09. The summed E-state index contributed by atoms with van der Waals surface area (Å²) in [5.41, 5.74) is 3.14. The van der Waals surface area contributed by atoms with Gasteiger partial charge in [-0.1, -0.05) is 30.0 Å². The molecule has 0 saturated carbocycles. The summed E-state index contributed by atoms with van der Waals surface area (Å²) < 4.78 is 0. The van der Waals surface area contributed by atoms with Gasteiger partial charge in [-0.2, -0.15) is 0 Å². The molecule has 0 fully saturated rings. The van der Waals surface area contributed by atoms with E-state index in [4.69, 9.17) is 0 Å². The maximum absolute atomic E-state index is 12.0. The Balaban J connectivity index is 3.25. The van der Waals surface area contributed by atoms with E-state index in [1.54, 1.807) is 29.7 Å². The molecule has 0 aromatic rings. The van der Waals surface area contributed by atoms with Crippen molar-refractivity contribution in [3.8, 4) is 0 Å². The van der Waals surface area contributed by atoms with Crippen LogP contribution in [0.5, 0.6) is 0 Å². The fourth-order valence-electron chi connectivity index (χ4n) is 1.73. The molecule has 1 rings (SSSR count). The number of thioether (sulfide) groups is 1. The van der Waals surface area contributed by atoms with Gasteiger partial charge in [0.1, 0.15) is 0 Å². The second-order valence-electron chi connectivity index (χ2n) is 4.63. The third kappa shape index (κ3) is 4.10. The van der Waals surface area contributed by atoms with Gasteiger partial charge in [-0.05, 0) is 38.8 Å². The second kappa shape index (κ2) is 7.34. The van der Waals surface area contributed by atoms with Gasteiger partial charge < -0.3 is 0 Å². The van der Waals surface area contributed by atoms with Gasteiger partial charge in [-0.15, -0.1) is 0 Å². The lowest BCUT2D eigenvalue weighted by molar-refractivity contribution is -0.123. The van der Waals surface area contributed by atoms with Gasteiger partial charge in [-0.25, -0.2) is 0 Å². The molecule has 0 radical (unpaired) electrons. The molecular formula is C15H22N2OS. The molecule has 0 bridgehead atoms. The van der Waals surface area contributed by atoms with Crippen LogP contribution in [-0.2, 0) is 4.79 Å². The minimum absolute atomic E-state index is 0.0122. The first-order valence-corrected chi connectivity index (χ1v) is 7.42. The molecule has 0 unspecified atom stereocenters. The molecule has 0 aliphatic carbocycles. The molecule has 0 saturated heterocycles. The molecule has 4 heteroatoms. The van der Waals surface area contributed by atoms with E-state index in [9.17, 15) is 4.79 Å². The maximum Gasteiger partial charge on any atom is 0.230 e. The van der Waals surface area contributed by atoms with Gasteiger partial charge in [-0.3, -0.25) is 14.7 Å². The summed E-state index contributed by atoms with van der Waals surface area (Å²) in [6.45, 7) is 12.2. The van der Waals surface area contributed by atoms with E-state index in [0.29, 0.717) is 0 Å². The van der Waals surface area contributed by atoms with Gasteiger partial charge in [0.05, 0.1) is 5.70 Å². The number of carbonyl (C=O) groups is 1. The molecule has 0 spiro atoms. The maximum atomic E-state index is 12.0. The van der Waals surface area contributed by atoms with Crippen molar-refractivity contribution in [2.45, 2.75) is 34.1 Å². The molecule has 0 aromatic heterocycles. The SMILES string of the molecule is C=C/C=C(\C(C)=C(C)C)N(C(C)=O)C1=NCCCS1. The Morgan fingerprint density at radius 3 is 2.47 bits per heavy atom. The molecule has 0 N–H and O–H groups in total. The fraction of sp³-hybridized carbons (Fsp3) is 0.467. The van der Waals surface area contributed by atoms with E-state index < -0.39 is 0 Å². The van der Waals surface area contributed by atoms with E-state index >= 15 is 0 Å². The first kappa shape index (κ1) is 15.8. The van der Waals surface area contributed by atoms with Crippen LogP contribution in [0.25, 0.3) is 0 Å². The van der Waals surface area contributed by atoms with E-state index in [1.165, 1.54) is 5.57 Å². The first-order chi connectivity index (χ1) is 8.99. The van der Waals surface area contributed by atoms with Crippen LogP contribution >= 0.6 is 11.8 Å². The Morgan fingerprint density at radius 1 is 1.37 bits per heavy atom. The highest BCUT2D eigenvalue weighted by Crippen LogP contribution is 2.25. The highest BCUT2D eigenvalue weighted by atomic mass is 32.2. The summed E-state index contributed by atoms with van der Waals surface area (Å²) in [6, 6.07) is 0. The highest BCUT2D eigenvalue weighted by molar-refractivity contribution is 8.13. The van der Waals surface area contributed by atoms with Crippen molar-refractivity contribution in [3.05, 3.63) is 35.6 Å². The van der Waals surface area contributed by atoms with Crippen LogP contribution < -0.4 is 0 Å². The standard InChI is InChI=1S/C15H22N2OS/c1-6-8-14(12(4)11(2)3)17(13(5)18)15-16-9-7-10-19-15/h6,8H,1,7,9-10H2,2-5H3/b14-8+. The predicted octanol–water partition coefficient (Wildman–Crippen LogP) is 3.75. The van der Waals surface area contributed by atoms with E-state index in [0.717, 1.165) is 35.2 Å². The highest BCUT2D eigenvalue weighted by Gasteiger charge is 2.23. The summed E-state index contributed by atoms with van der Waals surface area (Å²) >= 11 is 1.64. The number of carbonyl (C=O) groups excluding carboxylic acids is 1. The van der Waals surface area contributed by atoms with Gasteiger partial charge >= 0.3 is 0 Å². The van der Waals surface area contributed by atoms with Gasteiger partial charge in [0.2, 0.25) is 5.91 Å². The lowest BCUT2D eigenvalue weighted by atomic mass is 10.1. The van der Waals surface area contributed by atoms with Crippen molar-refractivity contribution in [1.29, 1.82) is 0 Å². The van der Waals surface area contributed by atoms with Crippen molar-refractivity contribution in [3.63, 3.8) is 0 Å². The zero-order valence-electron chi connectivity index (χ0n) is 12.2. The lowest BCUT2D eigenvalue weighted by Crippen LogP contribution is -2.34. The second-order valence-corrected chi connectivity index (χ2v) is 5.70. The molecule has 0 atom stereocenters. The van der Waals surface area contributed by atoms with Gasteiger partial charge in [0.15, 0.2) is 5.17 Å². The van der Waals surface area contributed by atoms with Gasteiger partial charge in [0, 0.05) is 19.2 Å². The molecule has 104 valence electrons. The number of amides is 1. The molecule has 1 aliphatic rings. The number of hydrogen-bond donors (Lipinski definition) is 0. The summed E-state index contributed by atoms with van der Waals surface area (Å²) in [7, 11) is 0. The lowest BCUT2D eigenvalue weighted by Gasteiger charge is -2.28. The zero-order valence-corrected chi connectivity index (χ0v) is 13.0. The number of hydrogen-bond acceptors (Lipinski definition) is 3. The summed E-state index contributed by atoms with van der Waals surface area (Å²) in [6.07, 6.45) is 4.66. The Bertz CT molecular complexity index is 457. The molecule has 19 heavy (non-hydrogen) atoms. The number of amidine groups is 1. The molecule has 0 aromatic carbocycles. The van der Waals surface area contributed by atoms with Crippen molar-refractivity contribution >= 4 is 22.8 Å². The Labute approximate surface area is 120 Å².